The van der Waals surface area contributed by atoms with Crippen molar-refractivity contribution in [3.8, 4) is 0 Å². The molecule has 0 atom stereocenters. The Morgan fingerprint density at radius 3 is 2.81 bits per heavy atom. The topological polar surface area (TPSA) is 59.3 Å². The number of pyridine rings is 1. The third-order valence-electron chi connectivity index (χ3n) is 3.23. The quantitative estimate of drug-likeness (QED) is 0.773. The number of carboxylic acid groups (broad SMARTS) is 1. The molecule has 2 heterocycles. The first-order valence-electron chi connectivity index (χ1n) is 6.14. The first-order chi connectivity index (χ1) is 10.1. The summed E-state index contributed by atoms with van der Waals surface area (Å²) in [4.78, 5) is 23.3. The van der Waals surface area contributed by atoms with E-state index in [1.807, 2.05) is 17.5 Å². The molecule has 3 rings (SSSR count). The number of fused-ring (bicyclic) bond motifs is 1. The maximum atomic E-state index is 12.3. The molecule has 0 aliphatic rings. The second-order valence-electron chi connectivity index (χ2n) is 4.56. The lowest BCUT2D eigenvalue weighted by molar-refractivity contribution is 0.0697. The van der Waals surface area contributed by atoms with Gasteiger partial charge in [-0.1, -0.05) is 22.0 Å². The summed E-state index contributed by atoms with van der Waals surface area (Å²) in [6.45, 7) is 0.394. The molecule has 4 nitrogen and oxygen atoms in total. The number of halogens is 1. The first kappa shape index (κ1) is 14.0. The van der Waals surface area contributed by atoms with E-state index in [2.05, 4.69) is 15.9 Å². The third-order valence-corrected chi connectivity index (χ3v) is 4.85. The molecule has 21 heavy (non-hydrogen) atoms. The maximum absolute atomic E-state index is 12.3. The van der Waals surface area contributed by atoms with Crippen LogP contribution < -0.4 is 5.56 Å². The van der Waals surface area contributed by atoms with Gasteiger partial charge in [0, 0.05) is 15.4 Å². The summed E-state index contributed by atoms with van der Waals surface area (Å²) in [5.74, 6) is -0.973. The number of hydrogen-bond acceptors (Lipinski definition) is 3. The number of benzene rings is 1. The van der Waals surface area contributed by atoms with Gasteiger partial charge in [0.25, 0.3) is 5.56 Å². The van der Waals surface area contributed by atoms with Gasteiger partial charge in [0.1, 0.15) is 0 Å². The van der Waals surface area contributed by atoms with Crippen molar-refractivity contribution in [1.29, 1.82) is 0 Å². The fourth-order valence-corrected chi connectivity index (χ4v) is 3.40. The molecule has 0 radical (unpaired) electrons. The summed E-state index contributed by atoms with van der Waals surface area (Å²) < 4.78 is 3.27. The van der Waals surface area contributed by atoms with E-state index in [1.54, 1.807) is 22.9 Å². The van der Waals surface area contributed by atoms with Crippen molar-refractivity contribution in [2.75, 3.05) is 0 Å². The van der Waals surface area contributed by atoms with Crippen molar-refractivity contribution in [3.05, 3.63) is 67.9 Å². The van der Waals surface area contributed by atoms with Crippen molar-refractivity contribution in [2.24, 2.45) is 0 Å². The smallest absolute Gasteiger partial charge is 0.335 e. The fourth-order valence-electron chi connectivity index (χ4n) is 2.12. The van der Waals surface area contributed by atoms with Crippen molar-refractivity contribution in [3.63, 3.8) is 0 Å². The summed E-state index contributed by atoms with van der Waals surface area (Å²) in [7, 11) is 0. The van der Waals surface area contributed by atoms with Gasteiger partial charge in [0.15, 0.2) is 0 Å². The van der Waals surface area contributed by atoms with Crippen molar-refractivity contribution in [2.45, 2.75) is 6.54 Å². The Hall–Kier alpha value is -1.92. The molecular weight excluding hydrogens is 354 g/mol. The number of hydrogen-bond donors (Lipinski definition) is 1. The lowest BCUT2D eigenvalue weighted by Crippen LogP contribution is -2.19. The van der Waals surface area contributed by atoms with Gasteiger partial charge >= 0.3 is 5.97 Å². The van der Waals surface area contributed by atoms with Crippen LogP contribution in [-0.2, 0) is 6.54 Å². The molecule has 0 unspecified atom stereocenters. The largest absolute Gasteiger partial charge is 0.478 e. The van der Waals surface area contributed by atoms with Crippen LogP contribution in [0.3, 0.4) is 0 Å². The van der Waals surface area contributed by atoms with Gasteiger partial charge < -0.3 is 9.67 Å². The Morgan fingerprint density at radius 1 is 1.29 bits per heavy atom. The number of carboxylic acids is 1. The average molecular weight is 364 g/mol. The van der Waals surface area contributed by atoms with Crippen molar-refractivity contribution >= 4 is 43.3 Å². The van der Waals surface area contributed by atoms with E-state index < -0.39 is 5.97 Å². The Balaban J connectivity index is 2.00. The predicted octanol–water partition coefficient (Wildman–Crippen LogP) is 3.57. The molecule has 0 amide bonds. The molecule has 0 spiro atoms. The van der Waals surface area contributed by atoms with Crippen LogP contribution in [0, 0.1) is 0 Å². The van der Waals surface area contributed by atoms with Gasteiger partial charge in [-0.05, 0) is 35.2 Å². The summed E-state index contributed by atoms with van der Waals surface area (Å²) >= 11 is 4.90. The van der Waals surface area contributed by atoms with Crippen LogP contribution in [0.5, 0.6) is 0 Å². The van der Waals surface area contributed by atoms with Crippen LogP contribution in [0.1, 0.15) is 15.9 Å². The Kier molecular flexibility index (Phi) is 3.65. The number of aromatic nitrogens is 1. The van der Waals surface area contributed by atoms with Gasteiger partial charge in [-0.2, -0.15) is 0 Å². The minimum Gasteiger partial charge on any atom is -0.478 e. The Bertz CT molecular complexity index is 897. The standard InChI is InChI=1S/C15H10BrNO3S/c16-12-7-9(15(19)20)1-2-10(12)8-17-5-3-13-11(14(17)18)4-6-21-13/h1-7H,8H2,(H,19,20). The molecule has 106 valence electrons. The summed E-state index contributed by atoms with van der Waals surface area (Å²) in [6, 6.07) is 8.54. The van der Waals surface area contributed by atoms with E-state index in [-0.39, 0.29) is 11.1 Å². The minimum atomic E-state index is -0.973. The Labute approximate surface area is 132 Å². The van der Waals surface area contributed by atoms with Crippen LogP contribution >= 0.6 is 27.3 Å². The number of thiophene rings is 1. The monoisotopic (exact) mass is 363 g/mol. The summed E-state index contributed by atoms with van der Waals surface area (Å²) in [6.07, 6.45) is 1.76. The van der Waals surface area contributed by atoms with Gasteiger partial charge in [0.2, 0.25) is 0 Å². The first-order valence-corrected chi connectivity index (χ1v) is 7.82. The van der Waals surface area contributed by atoms with E-state index in [0.717, 1.165) is 10.3 Å². The molecule has 1 N–H and O–H groups in total. The average Bonchev–Trinajstić information content (AvgIpc) is 2.93. The van der Waals surface area contributed by atoms with Gasteiger partial charge in [0.05, 0.1) is 17.5 Å². The molecule has 3 aromatic rings. The number of rotatable bonds is 3. The molecule has 0 aliphatic carbocycles. The lowest BCUT2D eigenvalue weighted by Gasteiger charge is -2.08. The number of aromatic carboxylic acids is 1. The number of nitrogens with zero attached hydrogens (tertiary/aromatic N) is 1. The van der Waals surface area contributed by atoms with E-state index in [1.165, 1.54) is 17.4 Å². The molecule has 6 heteroatoms. The highest BCUT2D eigenvalue weighted by molar-refractivity contribution is 9.10. The van der Waals surface area contributed by atoms with E-state index in [4.69, 9.17) is 5.11 Å². The summed E-state index contributed by atoms with van der Waals surface area (Å²) in [5.41, 5.74) is 1.03. The van der Waals surface area contributed by atoms with Gasteiger partial charge in [-0.25, -0.2) is 4.79 Å². The Morgan fingerprint density at radius 2 is 2.10 bits per heavy atom. The minimum absolute atomic E-state index is 0.0389. The lowest BCUT2D eigenvalue weighted by atomic mass is 10.1. The molecule has 0 aliphatic heterocycles. The summed E-state index contributed by atoms with van der Waals surface area (Å²) in [5, 5.41) is 11.6. The van der Waals surface area contributed by atoms with Gasteiger partial charge in [-0.15, -0.1) is 11.3 Å². The normalized spacial score (nSPS) is 10.9. The van der Waals surface area contributed by atoms with Crippen LogP contribution in [0.4, 0.5) is 0 Å². The highest BCUT2D eigenvalue weighted by atomic mass is 79.9. The van der Waals surface area contributed by atoms with Crippen molar-refractivity contribution < 1.29 is 9.90 Å². The van der Waals surface area contributed by atoms with E-state index >= 15 is 0 Å². The zero-order chi connectivity index (χ0) is 15.0. The number of carbonyl (C=O) groups is 1. The fraction of sp³-hybridized carbons (Fsp3) is 0.0667. The second kappa shape index (κ2) is 5.46. The predicted molar refractivity (Wildman–Crippen MR) is 86.3 cm³/mol. The molecule has 2 aromatic heterocycles. The third kappa shape index (κ3) is 2.64. The van der Waals surface area contributed by atoms with E-state index in [9.17, 15) is 9.59 Å². The highest BCUT2D eigenvalue weighted by Gasteiger charge is 2.09. The SMILES string of the molecule is O=C(O)c1ccc(Cn2ccc3sccc3c2=O)c(Br)c1. The van der Waals surface area contributed by atoms with Crippen molar-refractivity contribution in [1.82, 2.24) is 4.57 Å². The van der Waals surface area contributed by atoms with Crippen LogP contribution in [0.15, 0.2) is 51.2 Å². The molecule has 0 bridgehead atoms. The molecule has 0 fully saturated rings. The molecule has 1 aromatic carbocycles. The van der Waals surface area contributed by atoms with E-state index in [0.29, 0.717) is 16.4 Å². The van der Waals surface area contributed by atoms with Crippen LogP contribution in [-0.4, -0.2) is 15.6 Å². The van der Waals surface area contributed by atoms with Crippen LogP contribution in [0.2, 0.25) is 0 Å². The highest BCUT2D eigenvalue weighted by Crippen LogP contribution is 2.21. The zero-order valence-electron chi connectivity index (χ0n) is 10.7. The molecule has 0 saturated carbocycles. The zero-order valence-corrected chi connectivity index (χ0v) is 13.1. The molecular formula is C15H10BrNO3S. The van der Waals surface area contributed by atoms with Gasteiger partial charge in [-0.3, -0.25) is 4.79 Å². The molecule has 0 saturated heterocycles. The maximum Gasteiger partial charge on any atom is 0.335 e. The van der Waals surface area contributed by atoms with Crippen LogP contribution in [0.25, 0.3) is 10.1 Å². The second-order valence-corrected chi connectivity index (χ2v) is 6.36.